The highest BCUT2D eigenvalue weighted by atomic mass is 16.5. The lowest BCUT2D eigenvalue weighted by atomic mass is 10.1. The standard InChI is InChI=1S/C21H20N4O2/c26-21(25-19-12-16(19)11-15-5-2-1-3-6-15)24-17-8-9-20(23-13-17)27-18-7-4-10-22-14-18/h1-10,13-14,16,19H,11-12H2,(H2,24,25,26). The Labute approximate surface area is 157 Å². The maximum Gasteiger partial charge on any atom is 0.319 e. The zero-order valence-electron chi connectivity index (χ0n) is 14.7. The molecule has 1 saturated carbocycles. The molecule has 2 atom stereocenters. The number of rotatable bonds is 6. The number of urea groups is 1. The van der Waals surface area contributed by atoms with Gasteiger partial charge in [0.15, 0.2) is 0 Å². The van der Waals surface area contributed by atoms with Gasteiger partial charge in [-0.15, -0.1) is 0 Å². The second kappa shape index (κ2) is 7.86. The van der Waals surface area contributed by atoms with Crippen LogP contribution in [0.25, 0.3) is 0 Å². The Bertz CT molecular complexity index is 885. The van der Waals surface area contributed by atoms with E-state index in [4.69, 9.17) is 4.74 Å². The average molecular weight is 360 g/mol. The molecule has 3 aromatic rings. The van der Waals surface area contributed by atoms with Gasteiger partial charge in [-0.1, -0.05) is 30.3 Å². The Morgan fingerprint density at radius 2 is 1.96 bits per heavy atom. The van der Waals surface area contributed by atoms with Crippen molar-refractivity contribution in [3.63, 3.8) is 0 Å². The van der Waals surface area contributed by atoms with E-state index in [0.29, 0.717) is 23.2 Å². The number of hydrogen-bond donors (Lipinski definition) is 2. The molecule has 2 amide bonds. The Kier molecular flexibility index (Phi) is 4.96. The third-order valence-electron chi connectivity index (χ3n) is 4.43. The number of carbonyl (C=O) groups excluding carboxylic acids is 1. The molecule has 136 valence electrons. The van der Waals surface area contributed by atoms with Crippen molar-refractivity contribution in [2.75, 3.05) is 5.32 Å². The van der Waals surface area contributed by atoms with Crippen molar-refractivity contribution in [1.29, 1.82) is 0 Å². The van der Waals surface area contributed by atoms with Crippen LogP contribution >= 0.6 is 0 Å². The number of nitrogens with zero attached hydrogens (tertiary/aromatic N) is 2. The summed E-state index contributed by atoms with van der Waals surface area (Å²) in [6.45, 7) is 0. The predicted molar refractivity (Wildman–Crippen MR) is 103 cm³/mol. The van der Waals surface area contributed by atoms with Gasteiger partial charge in [0.1, 0.15) is 5.75 Å². The molecule has 0 spiro atoms. The number of amides is 2. The van der Waals surface area contributed by atoms with Gasteiger partial charge in [-0.3, -0.25) is 4.98 Å². The summed E-state index contributed by atoms with van der Waals surface area (Å²) >= 11 is 0. The van der Waals surface area contributed by atoms with E-state index in [0.717, 1.165) is 12.8 Å². The topological polar surface area (TPSA) is 76.1 Å². The molecule has 2 heterocycles. The van der Waals surface area contributed by atoms with Crippen molar-refractivity contribution >= 4 is 11.7 Å². The van der Waals surface area contributed by atoms with Gasteiger partial charge in [-0.25, -0.2) is 9.78 Å². The maximum atomic E-state index is 12.1. The minimum atomic E-state index is -0.210. The number of nitrogens with one attached hydrogen (secondary N) is 2. The Morgan fingerprint density at radius 3 is 2.70 bits per heavy atom. The highest BCUT2D eigenvalue weighted by Crippen LogP contribution is 2.33. The third-order valence-corrected chi connectivity index (χ3v) is 4.43. The van der Waals surface area contributed by atoms with Gasteiger partial charge in [0, 0.05) is 18.3 Å². The Balaban J connectivity index is 1.24. The largest absolute Gasteiger partial charge is 0.437 e. The van der Waals surface area contributed by atoms with Crippen LogP contribution in [0.15, 0.2) is 73.2 Å². The van der Waals surface area contributed by atoms with Gasteiger partial charge in [0.2, 0.25) is 5.88 Å². The van der Waals surface area contributed by atoms with Crippen LogP contribution in [-0.4, -0.2) is 22.0 Å². The minimum absolute atomic E-state index is 0.210. The summed E-state index contributed by atoms with van der Waals surface area (Å²) in [6.07, 6.45) is 6.87. The quantitative estimate of drug-likeness (QED) is 0.696. The summed E-state index contributed by atoms with van der Waals surface area (Å²) in [5.74, 6) is 1.56. The minimum Gasteiger partial charge on any atom is -0.437 e. The number of hydrogen-bond acceptors (Lipinski definition) is 4. The Hall–Kier alpha value is -3.41. The first-order valence-corrected chi connectivity index (χ1v) is 8.91. The molecular weight excluding hydrogens is 340 g/mol. The van der Waals surface area contributed by atoms with E-state index in [1.165, 1.54) is 5.56 Å². The average Bonchev–Trinajstić information content (AvgIpc) is 3.42. The van der Waals surface area contributed by atoms with Gasteiger partial charge in [0.05, 0.1) is 18.1 Å². The van der Waals surface area contributed by atoms with Crippen molar-refractivity contribution in [2.24, 2.45) is 5.92 Å². The van der Waals surface area contributed by atoms with E-state index in [1.54, 1.807) is 42.9 Å². The molecule has 1 aliphatic rings. The third kappa shape index (κ3) is 4.82. The number of anilines is 1. The molecular formula is C21H20N4O2. The summed E-state index contributed by atoms with van der Waals surface area (Å²) in [5.41, 5.74) is 1.92. The summed E-state index contributed by atoms with van der Waals surface area (Å²) in [5, 5.41) is 5.82. The van der Waals surface area contributed by atoms with Crippen molar-refractivity contribution < 1.29 is 9.53 Å². The molecule has 27 heavy (non-hydrogen) atoms. The number of pyridine rings is 2. The van der Waals surface area contributed by atoms with Crippen LogP contribution in [0.5, 0.6) is 11.6 Å². The van der Waals surface area contributed by atoms with Gasteiger partial charge >= 0.3 is 6.03 Å². The van der Waals surface area contributed by atoms with E-state index in [9.17, 15) is 4.79 Å². The van der Waals surface area contributed by atoms with E-state index in [2.05, 4.69) is 32.7 Å². The molecule has 1 aliphatic carbocycles. The van der Waals surface area contributed by atoms with Gasteiger partial charge < -0.3 is 15.4 Å². The molecule has 0 aliphatic heterocycles. The lowest BCUT2D eigenvalue weighted by Gasteiger charge is -2.08. The van der Waals surface area contributed by atoms with Gasteiger partial charge in [-0.05, 0) is 42.5 Å². The maximum absolute atomic E-state index is 12.1. The summed E-state index contributed by atoms with van der Waals surface area (Å²) in [6, 6.07) is 17.4. The van der Waals surface area contributed by atoms with Gasteiger partial charge in [-0.2, -0.15) is 0 Å². The van der Waals surface area contributed by atoms with Gasteiger partial charge in [0.25, 0.3) is 0 Å². The molecule has 2 unspecified atom stereocenters. The van der Waals surface area contributed by atoms with Crippen LogP contribution < -0.4 is 15.4 Å². The molecule has 1 fully saturated rings. The zero-order valence-corrected chi connectivity index (χ0v) is 14.7. The van der Waals surface area contributed by atoms with E-state index in [1.807, 2.05) is 18.2 Å². The first kappa shape index (κ1) is 17.0. The van der Waals surface area contributed by atoms with Crippen LogP contribution in [0, 0.1) is 5.92 Å². The zero-order chi connectivity index (χ0) is 18.5. The Morgan fingerprint density at radius 1 is 1.07 bits per heavy atom. The highest BCUT2D eigenvalue weighted by molar-refractivity contribution is 5.89. The number of carbonyl (C=O) groups is 1. The fourth-order valence-electron chi connectivity index (χ4n) is 2.95. The van der Waals surface area contributed by atoms with Crippen LogP contribution in [0.3, 0.4) is 0 Å². The van der Waals surface area contributed by atoms with Crippen LogP contribution in [0.1, 0.15) is 12.0 Å². The monoisotopic (exact) mass is 360 g/mol. The molecule has 6 nitrogen and oxygen atoms in total. The fourth-order valence-corrected chi connectivity index (χ4v) is 2.95. The van der Waals surface area contributed by atoms with Crippen LogP contribution in [0.2, 0.25) is 0 Å². The van der Waals surface area contributed by atoms with Crippen molar-refractivity contribution in [1.82, 2.24) is 15.3 Å². The molecule has 6 heteroatoms. The summed E-state index contributed by atoms with van der Waals surface area (Å²) < 4.78 is 5.58. The molecule has 2 N–H and O–H groups in total. The van der Waals surface area contributed by atoms with Crippen molar-refractivity contribution in [2.45, 2.75) is 18.9 Å². The highest BCUT2D eigenvalue weighted by Gasteiger charge is 2.38. The molecule has 0 saturated heterocycles. The number of aromatic nitrogens is 2. The lowest BCUT2D eigenvalue weighted by Crippen LogP contribution is -2.31. The first-order chi connectivity index (χ1) is 13.3. The molecule has 4 rings (SSSR count). The van der Waals surface area contributed by atoms with Crippen molar-refractivity contribution in [3.05, 3.63) is 78.8 Å². The molecule has 0 bridgehead atoms. The van der Waals surface area contributed by atoms with E-state index >= 15 is 0 Å². The van der Waals surface area contributed by atoms with E-state index in [-0.39, 0.29) is 12.1 Å². The van der Waals surface area contributed by atoms with Crippen LogP contribution in [0.4, 0.5) is 10.5 Å². The van der Waals surface area contributed by atoms with Crippen LogP contribution in [-0.2, 0) is 6.42 Å². The molecule has 2 aromatic heterocycles. The number of benzene rings is 1. The predicted octanol–water partition coefficient (Wildman–Crippen LogP) is 4.02. The summed E-state index contributed by atoms with van der Waals surface area (Å²) in [7, 11) is 0. The van der Waals surface area contributed by atoms with Crippen molar-refractivity contribution in [3.8, 4) is 11.6 Å². The fraction of sp³-hybridized carbons (Fsp3) is 0.190. The lowest BCUT2D eigenvalue weighted by molar-refractivity contribution is 0.251. The second-order valence-electron chi connectivity index (χ2n) is 6.57. The number of ether oxygens (including phenoxy) is 1. The van der Waals surface area contributed by atoms with E-state index < -0.39 is 0 Å². The first-order valence-electron chi connectivity index (χ1n) is 8.91. The molecule has 1 aromatic carbocycles. The molecule has 0 radical (unpaired) electrons. The summed E-state index contributed by atoms with van der Waals surface area (Å²) in [4.78, 5) is 20.3. The second-order valence-corrected chi connectivity index (χ2v) is 6.57. The SMILES string of the molecule is O=C(Nc1ccc(Oc2cccnc2)nc1)NC1CC1Cc1ccccc1. The smallest absolute Gasteiger partial charge is 0.319 e. The normalized spacial score (nSPS) is 17.8.